The van der Waals surface area contributed by atoms with Gasteiger partial charge in [-0.15, -0.1) is 0 Å². The Morgan fingerprint density at radius 3 is 2.75 bits per heavy atom. The molecule has 0 aliphatic rings. The molecule has 7 heteroatoms. The Morgan fingerprint density at radius 2 is 2.05 bits per heavy atom. The fourth-order valence-corrected chi connectivity index (χ4v) is 2.62. The summed E-state index contributed by atoms with van der Waals surface area (Å²) in [5.41, 5.74) is 2.02. The van der Waals surface area contributed by atoms with Crippen molar-refractivity contribution in [3.63, 3.8) is 0 Å². The summed E-state index contributed by atoms with van der Waals surface area (Å²) in [7, 11) is 0. The van der Waals surface area contributed by atoms with Crippen LogP contribution in [0.3, 0.4) is 0 Å². The molecule has 0 unspecified atom stereocenters. The summed E-state index contributed by atoms with van der Waals surface area (Å²) in [5.74, 6) is -1.54. The second-order valence-corrected chi connectivity index (χ2v) is 5.16. The van der Waals surface area contributed by atoms with Crippen molar-refractivity contribution in [2.45, 2.75) is 6.92 Å². The van der Waals surface area contributed by atoms with E-state index in [-0.39, 0.29) is 15.5 Å². The number of benzene rings is 1. The summed E-state index contributed by atoms with van der Waals surface area (Å²) < 4.78 is 28.8. The number of rotatable bonds is 1. The first kappa shape index (κ1) is 13.2. The van der Waals surface area contributed by atoms with E-state index in [2.05, 4.69) is 9.97 Å². The molecular weight excluding hydrogens is 304 g/mol. The predicted molar refractivity (Wildman–Crippen MR) is 75.9 cm³/mol. The average Bonchev–Trinajstić information content (AvgIpc) is 2.64. The number of fused-ring (bicyclic) bond motifs is 1. The number of imidazole rings is 1. The molecule has 2 aromatic heterocycles. The monoisotopic (exact) mass is 311 g/mol. The van der Waals surface area contributed by atoms with Crippen molar-refractivity contribution in [1.29, 1.82) is 0 Å². The Labute approximate surface area is 122 Å². The second kappa shape index (κ2) is 4.64. The van der Waals surface area contributed by atoms with Crippen molar-refractivity contribution < 1.29 is 8.78 Å². The van der Waals surface area contributed by atoms with Crippen LogP contribution in [0.25, 0.3) is 16.9 Å². The zero-order valence-electron chi connectivity index (χ0n) is 10.2. The molecule has 0 atom stereocenters. The Morgan fingerprint density at radius 1 is 1.30 bits per heavy atom. The van der Waals surface area contributed by atoms with Crippen molar-refractivity contribution in [3.8, 4) is 5.69 Å². The molecule has 0 radical (unpaired) electrons. The van der Waals surface area contributed by atoms with Crippen LogP contribution in [0.5, 0.6) is 0 Å². The number of hydrogen-bond donors (Lipinski definition) is 1. The highest BCUT2D eigenvalue weighted by molar-refractivity contribution is 7.71. The van der Waals surface area contributed by atoms with Gasteiger partial charge in [-0.05, 0) is 36.8 Å². The molecular formula is C13H8ClF2N3S. The zero-order chi connectivity index (χ0) is 14.4. The van der Waals surface area contributed by atoms with E-state index in [4.69, 9.17) is 23.8 Å². The number of aryl methyl sites for hydroxylation is 1. The third kappa shape index (κ3) is 2.01. The van der Waals surface area contributed by atoms with Gasteiger partial charge in [-0.3, -0.25) is 4.57 Å². The highest BCUT2D eigenvalue weighted by Crippen LogP contribution is 2.28. The van der Waals surface area contributed by atoms with Gasteiger partial charge in [-0.2, -0.15) is 0 Å². The highest BCUT2D eigenvalue weighted by Gasteiger charge is 2.16. The van der Waals surface area contributed by atoms with Gasteiger partial charge in [0.25, 0.3) is 0 Å². The summed E-state index contributed by atoms with van der Waals surface area (Å²) in [4.78, 5) is 7.16. The summed E-state index contributed by atoms with van der Waals surface area (Å²) in [6, 6.07) is 3.63. The first-order valence-electron chi connectivity index (χ1n) is 5.69. The van der Waals surface area contributed by atoms with E-state index in [1.54, 1.807) is 6.20 Å². The molecule has 0 saturated heterocycles. The molecule has 20 heavy (non-hydrogen) atoms. The lowest BCUT2D eigenvalue weighted by atomic mass is 10.2. The lowest BCUT2D eigenvalue weighted by Gasteiger charge is -2.08. The molecule has 1 N–H and O–H groups in total. The zero-order valence-corrected chi connectivity index (χ0v) is 11.8. The van der Waals surface area contributed by atoms with Crippen molar-refractivity contribution in [1.82, 2.24) is 14.5 Å². The van der Waals surface area contributed by atoms with Crippen LogP contribution in [0.15, 0.2) is 24.4 Å². The van der Waals surface area contributed by atoms with Crippen LogP contribution in [0, 0.1) is 23.3 Å². The van der Waals surface area contributed by atoms with Gasteiger partial charge in [-0.25, -0.2) is 13.8 Å². The Hall–Kier alpha value is -1.79. The highest BCUT2D eigenvalue weighted by atomic mass is 35.5. The molecule has 1 aromatic carbocycles. The first-order valence-corrected chi connectivity index (χ1v) is 6.48. The van der Waals surface area contributed by atoms with Gasteiger partial charge in [0.05, 0.1) is 10.5 Å². The van der Waals surface area contributed by atoms with Crippen LogP contribution < -0.4 is 0 Å². The van der Waals surface area contributed by atoms with E-state index in [0.29, 0.717) is 11.2 Å². The molecule has 102 valence electrons. The van der Waals surface area contributed by atoms with Crippen molar-refractivity contribution in [3.05, 3.63) is 51.4 Å². The number of nitrogens with zero attached hydrogens (tertiary/aromatic N) is 2. The smallest absolute Gasteiger partial charge is 0.184 e. The standard InChI is InChI=1S/C13H8ClF2N3S/c1-6-2-10-12(17-5-6)19(13(20)18-10)11-8(14)3-7(15)4-9(11)16/h2-5H,1H3,(H,18,20). The maximum Gasteiger partial charge on any atom is 0.184 e. The van der Waals surface area contributed by atoms with Crippen LogP contribution in [-0.2, 0) is 0 Å². The fraction of sp³-hybridized carbons (Fsp3) is 0.0769. The molecule has 3 nitrogen and oxygen atoms in total. The third-order valence-corrected chi connectivity index (χ3v) is 3.44. The van der Waals surface area contributed by atoms with Crippen LogP contribution in [-0.4, -0.2) is 14.5 Å². The molecule has 0 saturated carbocycles. The molecule has 3 aromatic rings. The van der Waals surface area contributed by atoms with E-state index in [1.807, 2.05) is 13.0 Å². The Balaban J connectivity index is 2.41. The predicted octanol–water partition coefficient (Wildman–Crippen LogP) is 4.32. The maximum absolute atomic E-state index is 14.0. The summed E-state index contributed by atoms with van der Waals surface area (Å²) in [6.45, 7) is 1.88. The molecule has 0 aliphatic heterocycles. The van der Waals surface area contributed by atoms with E-state index in [1.165, 1.54) is 4.57 Å². The molecule has 0 aliphatic carbocycles. The minimum Gasteiger partial charge on any atom is -0.329 e. The molecule has 0 bridgehead atoms. The third-order valence-electron chi connectivity index (χ3n) is 2.87. The maximum atomic E-state index is 14.0. The van der Waals surface area contributed by atoms with Crippen LogP contribution >= 0.6 is 23.8 Å². The number of H-pyrrole nitrogens is 1. The lowest BCUT2D eigenvalue weighted by Crippen LogP contribution is -2.01. The van der Waals surface area contributed by atoms with Gasteiger partial charge in [0.1, 0.15) is 11.5 Å². The van der Waals surface area contributed by atoms with Crippen LogP contribution in [0.2, 0.25) is 5.02 Å². The van der Waals surface area contributed by atoms with Crippen molar-refractivity contribution in [2.24, 2.45) is 0 Å². The summed E-state index contributed by atoms with van der Waals surface area (Å²) in [6.07, 6.45) is 1.64. The number of hydrogen-bond acceptors (Lipinski definition) is 2. The molecule has 0 amide bonds. The minimum atomic E-state index is -0.797. The molecule has 2 heterocycles. The van der Waals surface area contributed by atoms with Gasteiger partial charge >= 0.3 is 0 Å². The van der Waals surface area contributed by atoms with Gasteiger partial charge in [0.15, 0.2) is 16.2 Å². The topological polar surface area (TPSA) is 33.6 Å². The molecule has 0 fully saturated rings. The fourth-order valence-electron chi connectivity index (χ4n) is 2.06. The number of nitrogens with one attached hydrogen (secondary N) is 1. The van der Waals surface area contributed by atoms with Crippen molar-refractivity contribution >= 4 is 35.0 Å². The van der Waals surface area contributed by atoms with E-state index in [9.17, 15) is 8.78 Å². The van der Waals surface area contributed by atoms with Crippen molar-refractivity contribution in [2.75, 3.05) is 0 Å². The summed E-state index contributed by atoms with van der Waals surface area (Å²) >= 11 is 11.1. The quantitative estimate of drug-likeness (QED) is 0.679. The SMILES string of the molecule is Cc1cnc2c(c1)[nH]c(=S)n2-c1c(F)cc(F)cc1Cl. The van der Waals surface area contributed by atoms with E-state index < -0.39 is 11.6 Å². The molecule has 0 spiro atoms. The second-order valence-electron chi connectivity index (χ2n) is 4.37. The molecule has 3 rings (SSSR count). The van der Waals surface area contributed by atoms with Crippen LogP contribution in [0.4, 0.5) is 8.78 Å². The Bertz CT molecular complexity index is 862. The number of halogens is 3. The number of aromatic amines is 1. The lowest BCUT2D eigenvalue weighted by molar-refractivity contribution is 0.578. The van der Waals surface area contributed by atoms with Gasteiger partial charge in [0, 0.05) is 12.3 Å². The first-order chi connectivity index (χ1) is 9.47. The van der Waals surface area contributed by atoms with E-state index in [0.717, 1.165) is 17.7 Å². The van der Waals surface area contributed by atoms with Gasteiger partial charge < -0.3 is 4.98 Å². The largest absolute Gasteiger partial charge is 0.329 e. The van der Waals surface area contributed by atoms with Crippen LogP contribution in [0.1, 0.15) is 5.56 Å². The van der Waals surface area contributed by atoms with Gasteiger partial charge in [0.2, 0.25) is 0 Å². The summed E-state index contributed by atoms with van der Waals surface area (Å²) in [5, 5.41) is -0.0677. The average molecular weight is 312 g/mol. The Kier molecular flexibility index (Phi) is 3.07. The van der Waals surface area contributed by atoms with Gasteiger partial charge in [-0.1, -0.05) is 11.6 Å². The number of pyridine rings is 1. The number of aromatic nitrogens is 3. The normalized spacial score (nSPS) is 11.2. The van der Waals surface area contributed by atoms with E-state index >= 15 is 0 Å². The minimum absolute atomic E-state index is 0.0133.